The molecule has 146 valence electrons. The van der Waals surface area contributed by atoms with Crippen molar-refractivity contribution in [3.8, 4) is 0 Å². The fourth-order valence-corrected chi connectivity index (χ4v) is 4.56. The lowest BCUT2D eigenvalue weighted by Gasteiger charge is -2.50. The van der Waals surface area contributed by atoms with Gasteiger partial charge in [0.25, 0.3) is 5.91 Å². The number of carbonyl (C=O) groups is 3. The van der Waals surface area contributed by atoms with Gasteiger partial charge in [-0.15, -0.1) is 0 Å². The van der Waals surface area contributed by atoms with Crippen molar-refractivity contribution < 1.29 is 19.1 Å². The van der Waals surface area contributed by atoms with Crippen LogP contribution in [0.4, 0.5) is 0 Å². The largest absolute Gasteiger partial charge is 0.464 e. The number of ether oxygens (including phenoxy) is 1. The molecule has 1 fully saturated rings. The van der Waals surface area contributed by atoms with E-state index >= 15 is 0 Å². The molecule has 1 aromatic rings. The van der Waals surface area contributed by atoms with Gasteiger partial charge in [0.2, 0.25) is 5.91 Å². The number of hydrogen-bond donors (Lipinski definition) is 1. The maximum Gasteiger partial charge on any atom is 0.354 e. The lowest BCUT2D eigenvalue weighted by molar-refractivity contribution is -0.155. The molecule has 1 saturated heterocycles. The summed E-state index contributed by atoms with van der Waals surface area (Å²) in [5.41, 5.74) is 1.87. The standard InChI is InChI=1S/C19H22Br2N2O4/c1-10(2)16(19(26)27-4)23-17(15(18(23)25)22-11(3)24)14(21)13(20)12-8-6-5-7-9-12/h5-9,13-15,17H,1-4H3,(H,22,24). The monoisotopic (exact) mass is 500 g/mol. The molecule has 2 amide bonds. The molecule has 8 heteroatoms. The van der Waals surface area contributed by atoms with E-state index in [4.69, 9.17) is 4.74 Å². The summed E-state index contributed by atoms with van der Waals surface area (Å²) in [6.07, 6.45) is 0. The number of esters is 1. The summed E-state index contributed by atoms with van der Waals surface area (Å²) >= 11 is 7.36. The Morgan fingerprint density at radius 2 is 1.74 bits per heavy atom. The Labute approximate surface area is 175 Å². The highest BCUT2D eigenvalue weighted by atomic mass is 79.9. The van der Waals surface area contributed by atoms with Crippen molar-refractivity contribution in [2.24, 2.45) is 0 Å². The van der Waals surface area contributed by atoms with Crippen LogP contribution in [0.1, 0.15) is 31.2 Å². The highest BCUT2D eigenvalue weighted by Crippen LogP contribution is 2.41. The van der Waals surface area contributed by atoms with Crippen LogP contribution in [0.15, 0.2) is 41.6 Å². The van der Waals surface area contributed by atoms with E-state index in [2.05, 4.69) is 37.2 Å². The first-order valence-corrected chi connectivity index (χ1v) is 10.2. The Morgan fingerprint density at radius 1 is 1.15 bits per heavy atom. The van der Waals surface area contributed by atoms with Gasteiger partial charge in [-0.1, -0.05) is 62.2 Å². The van der Waals surface area contributed by atoms with E-state index in [9.17, 15) is 14.4 Å². The Bertz CT molecular complexity index is 762. The third-order valence-electron chi connectivity index (χ3n) is 4.32. The van der Waals surface area contributed by atoms with E-state index in [0.717, 1.165) is 5.56 Å². The predicted octanol–water partition coefficient (Wildman–Crippen LogP) is 3.07. The van der Waals surface area contributed by atoms with Gasteiger partial charge in [-0.25, -0.2) is 4.79 Å². The van der Waals surface area contributed by atoms with Gasteiger partial charge in [0.1, 0.15) is 11.7 Å². The van der Waals surface area contributed by atoms with Crippen LogP contribution in [0, 0.1) is 0 Å². The molecule has 0 radical (unpaired) electrons. The minimum absolute atomic E-state index is 0.147. The summed E-state index contributed by atoms with van der Waals surface area (Å²) in [6, 6.07) is 8.51. The Balaban J connectivity index is 2.41. The van der Waals surface area contributed by atoms with Gasteiger partial charge >= 0.3 is 5.97 Å². The first-order chi connectivity index (χ1) is 12.7. The number of allylic oxidation sites excluding steroid dienone is 1. The quantitative estimate of drug-likeness (QED) is 0.281. The molecular weight excluding hydrogens is 480 g/mol. The van der Waals surface area contributed by atoms with Crippen molar-refractivity contribution >= 4 is 49.6 Å². The van der Waals surface area contributed by atoms with Crippen LogP contribution in [-0.4, -0.2) is 46.7 Å². The second-order valence-electron chi connectivity index (χ2n) is 6.47. The van der Waals surface area contributed by atoms with Gasteiger partial charge in [0, 0.05) is 6.92 Å². The highest BCUT2D eigenvalue weighted by Gasteiger charge is 2.55. The Hall–Kier alpha value is -1.67. The number of β-lactam (4-membered cyclic amide) rings is 1. The minimum atomic E-state index is -0.727. The Kier molecular flexibility index (Phi) is 7.22. The average Bonchev–Trinajstić information content (AvgIpc) is 2.65. The van der Waals surface area contributed by atoms with Gasteiger partial charge in [0.05, 0.1) is 22.8 Å². The zero-order valence-corrected chi connectivity index (χ0v) is 18.7. The number of rotatable bonds is 6. The number of nitrogens with zero attached hydrogens (tertiary/aromatic N) is 1. The van der Waals surface area contributed by atoms with Crippen molar-refractivity contribution in [2.45, 2.75) is 42.5 Å². The first-order valence-electron chi connectivity index (χ1n) is 8.39. The third-order valence-corrected chi connectivity index (χ3v) is 7.20. The number of benzene rings is 1. The van der Waals surface area contributed by atoms with Crippen LogP contribution in [0.2, 0.25) is 0 Å². The summed E-state index contributed by atoms with van der Waals surface area (Å²) in [7, 11) is 1.28. The number of methoxy groups -OCH3 is 1. The topological polar surface area (TPSA) is 75.7 Å². The number of hydrogen-bond acceptors (Lipinski definition) is 4. The van der Waals surface area contributed by atoms with Crippen molar-refractivity contribution in [3.05, 3.63) is 47.2 Å². The van der Waals surface area contributed by atoms with Crippen LogP contribution in [-0.2, 0) is 19.1 Å². The number of amides is 2. The number of carbonyl (C=O) groups excluding carboxylic acids is 3. The summed E-state index contributed by atoms with van der Waals surface area (Å²) in [5.74, 6) is -1.23. The van der Waals surface area contributed by atoms with E-state index in [0.29, 0.717) is 5.57 Å². The number of halogens is 2. The molecule has 4 atom stereocenters. The van der Waals surface area contributed by atoms with Crippen molar-refractivity contribution in [1.82, 2.24) is 10.2 Å². The van der Waals surface area contributed by atoms with Crippen molar-refractivity contribution in [1.29, 1.82) is 0 Å². The normalized spacial score (nSPS) is 21.0. The second kappa shape index (κ2) is 9.01. The van der Waals surface area contributed by atoms with Crippen LogP contribution in [0.5, 0.6) is 0 Å². The van der Waals surface area contributed by atoms with Crippen LogP contribution < -0.4 is 5.32 Å². The van der Waals surface area contributed by atoms with E-state index in [1.165, 1.54) is 18.9 Å². The lowest BCUT2D eigenvalue weighted by Crippen LogP contribution is -2.73. The first kappa shape index (κ1) is 21.6. The van der Waals surface area contributed by atoms with Crippen molar-refractivity contribution in [3.63, 3.8) is 0 Å². The van der Waals surface area contributed by atoms with E-state index in [1.807, 2.05) is 30.3 Å². The fraction of sp³-hybridized carbons (Fsp3) is 0.421. The molecule has 0 spiro atoms. The number of alkyl halides is 2. The maximum absolute atomic E-state index is 12.8. The summed E-state index contributed by atoms with van der Waals surface area (Å²) in [6.45, 7) is 4.85. The second-order valence-corrected chi connectivity index (χ2v) is 8.52. The molecular formula is C19H22Br2N2O4. The lowest BCUT2D eigenvalue weighted by atomic mass is 9.87. The van der Waals surface area contributed by atoms with Gasteiger partial charge in [-0.3, -0.25) is 14.5 Å². The zero-order chi connectivity index (χ0) is 20.3. The maximum atomic E-state index is 12.8. The van der Waals surface area contributed by atoms with E-state index in [1.54, 1.807) is 13.8 Å². The molecule has 27 heavy (non-hydrogen) atoms. The average molecular weight is 502 g/mol. The van der Waals surface area contributed by atoms with E-state index in [-0.39, 0.29) is 27.2 Å². The molecule has 1 heterocycles. The zero-order valence-electron chi connectivity index (χ0n) is 15.5. The Morgan fingerprint density at radius 3 is 2.22 bits per heavy atom. The number of likely N-dealkylation sites (tertiary alicyclic amines) is 1. The van der Waals surface area contributed by atoms with Crippen molar-refractivity contribution in [2.75, 3.05) is 7.11 Å². The molecule has 0 aliphatic carbocycles. The molecule has 6 nitrogen and oxygen atoms in total. The SMILES string of the molecule is COC(=O)C(=C(C)C)N1C(=O)C(NC(C)=O)C1C(Br)C(Br)c1ccccc1. The van der Waals surface area contributed by atoms with Gasteiger partial charge in [-0.2, -0.15) is 0 Å². The number of nitrogens with one attached hydrogen (secondary N) is 1. The highest BCUT2D eigenvalue weighted by molar-refractivity contribution is 9.12. The van der Waals surface area contributed by atoms with Gasteiger partial charge in [0.15, 0.2) is 0 Å². The summed E-state index contributed by atoms with van der Waals surface area (Å²) < 4.78 is 4.86. The molecule has 1 aliphatic heterocycles. The molecule has 2 rings (SSSR count). The molecule has 0 saturated carbocycles. The van der Waals surface area contributed by atoms with E-state index < -0.39 is 18.1 Å². The molecule has 1 aromatic carbocycles. The van der Waals surface area contributed by atoms with Gasteiger partial charge in [-0.05, 0) is 25.0 Å². The molecule has 4 unspecified atom stereocenters. The van der Waals surface area contributed by atoms with Gasteiger partial charge < -0.3 is 10.1 Å². The molecule has 1 N–H and O–H groups in total. The van der Waals surface area contributed by atoms with Crippen LogP contribution in [0.25, 0.3) is 0 Å². The summed E-state index contributed by atoms with van der Waals surface area (Å²) in [5, 5.41) is 2.69. The molecule has 0 aromatic heterocycles. The smallest absolute Gasteiger partial charge is 0.354 e. The molecule has 0 bridgehead atoms. The van der Waals surface area contributed by atoms with Crippen LogP contribution >= 0.6 is 31.9 Å². The predicted molar refractivity (Wildman–Crippen MR) is 109 cm³/mol. The molecule has 1 aliphatic rings. The minimum Gasteiger partial charge on any atom is -0.464 e. The summed E-state index contributed by atoms with van der Waals surface area (Å²) in [4.78, 5) is 37.6. The van der Waals surface area contributed by atoms with Crippen LogP contribution in [0.3, 0.4) is 0 Å². The third kappa shape index (κ3) is 4.43. The fourth-order valence-electron chi connectivity index (χ4n) is 3.10.